The highest BCUT2D eigenvalue weighted by molar-refractivity contribution is 5.69. The van der Waals surface area contributed by atoms with Gasteiger partial charge in [0.15, 0.2) is 0 Å². The Bertz CT molecular complexity index is 1270. The SMILES string of the molecule is [2H]c1cc(Nc2nccc(Nc3c(C)c([2H])c(/C=C/C#N)c([2H])c3C)n2)cc([2H])c1C#N. The molecule has 0 aliphatic rings. The van der Waals surface area contributed by atoms with E-state index in [1.54, 1.807) is 19.9 Å². The molecule has 0 fully saturated rings. The largest absolute Gasteiger partial charge is 0.340 e. The Morgan fingerprint density at radius 1 is 1.07 bits per heavy atom. The van der Waals surface area contributed by atoms with Crippen molar-refractivity contribution in [1.29, 1.82) is 10.5 Å². The second kappa shape index (κ2) is 8.48. The van der Waals surface area contributed by atoms with Crippen molar-refractivity contribution in [2.75, 3.05) is 10.6 Å². The van der Waals surface area contributed by atoms with Gasteiger partial charge >= 0.3 is 0 Å². The van der Waals surface area contributed by atoms with Gasteiger partial charge in [0, 0.05) is 23.6 Å². The van der Waals surface area contributed by atoms with Crippen LogP contribution in [0.1, 0.15) is 27.7 Å². The summed E-state index contributed by atoms with van der Waals surface area (Å²) in [5.74, 6) is 0.623. The van der Waals surface area contributed by atoms with Crippen molar-refractivity contribution in [2.45, 2.75) is 13.8 Å². The number of anilines is 4. The molecule has 0 unspecified atom stereocenters. The van der Waals surface area contributed by atoms with E-state index in [-0.39, 0.29) is 35.7 Å². The van der Waals surface area contributed by atoms with Gasteiger partial charge in [0.2, 0.25) is 5.95 Å². The molecule has 0 spiro atoms. The van der Waals surface area contributed by atoms with Crippen molar-refractivity contribution in [3.63, 3.8) is 0 Å². The van der Waals surface area contributed by atoms with Gasteiger partial charge in [0.05, 0.1) is 23.2 Å². The Morgan fingerprint density at radius 2 is 1.79 bits per heavy atom. The van der Waals surface area contributed by atoms with E-state index in [1.807, 2.05) is 12.1 Å². The summed E-state index contributed by atoms with van der Waals surface area (Å²) in [4.78, 5) is 8.52. The lowest BCUT2D eigenvalue weighted by Gasteiger charge is -2.14. The number of nitrogens with one attached hydrogen (secondary N) is 2. The van der Waals surface area contributed by atoms with Crippen LogP contribution < -0.4 is 10.6 Å². The van der Waals surface area contributed by atoms with Crippen molar-refractivity contribution in [2.24, 2.45) is 0 Å². The Morgan fingerprint density at radius 3 is 2.43 bits per heavy atom. The third kappa shape index (κ3) is 4.51. The van der Waals surface area contributed by atoms with Crippen LogP contribution in [0, 0.1) is 36.5 Å². The van der Waals surface area contributed by atoms with Crippen LogP contribution in [-0.4, -0.2) is 9.97 Å². The first kappa shape index (κ1) is 14.0. The highest BCUT2D eigenvalue weighted by atomic mass is 15.1. The van der Waals surface area contributed by atoms with Gasteiger partial charge in [-0.2, -0.15) is 15.5 Å². The minimum Gasteiger partial charge on any atom is -0.340 e. The number of nitrogens with zero attached hydrogens (tertiary/aromatic N) is 4. The highest BCUT2D eigenvalue weighted by Gasteiger charge is 2.07. The van der Waals surface area contributed by atoms with Crippen molar-refractivity contribution >= 4 is 29.2 Å². The smallest absolute Gasteiger partial charge is 0.229 e. The molecule has 0 aliphatic carbocycles. The Hall–Kier alpha value is -4.16. The first-order valence-electron chi connectivity index (χ1n) is 10.3. The molecular formula is C22H18N6. The van der Waals surface area contributed by atoms with Gasteiger partial charge in [-0.3, -0.25) is 0 Å². The van der Waals surface area contributed by atoms with Crippen LogP contribution in [0.25, 0.3) is 6.08 Å². The van der Waals surface area contributed by atoms with Gasteiger partial charge in [0.25, 0.3) is 0 Å². The molecule has 0 aliphatic heterocycles. The summed E-state index contributed by atoms with van der Waals surface area (Å²) in [5.41, 5.74) is 2.54. The zero-order chi connectivity index (χ0) is 23.4. The van der Waals surface area contributed by atoms with Gasteiger partial charge < -0.3 is 10.6 Å². The summed E-state index contributed by atoms with van der Waals surface area (Å²) in [6, 6.07) is 8.32. The van der Waals surface area contributed by atoms with Crippen LogP contribution in [0.4, 0.5) is 23.1 Å². The molecule has 1 aromatic heterocycles. The maximum atomic E-state index is 9.01. The Balaban J connectivity index is 1.93. The number of hydrogen-bond donors (Lipinski definition) is 2. The maximum Gasteiger partial charge on any atom is 0.229 e. The molecule has 2 N–H and O–H groups in total. The van der Waals surface area contributed by atoms with Crippen molar-refractivity contribution in [3.8, 4) is 12.1 Å². The summed E-state index contributed by atoms with van der Waals surface area (Å²) in [5, 5.41) is 23.8. The number of hydrogen-bond acceptors (Lipinski definition) is 6. The number of benzene rings is 2. The van der Waals surface area contributed by atoms with Crippen LogP contribution in [0.2, 0.25) is 0 Å². The molecule has 136 valence electrons. The first-order valence-corrected chi connectivity index (χ1v) is 8.31. The second-order valence-corrected chi connectivity index (χ2v) is 5.79. The minimum absolute atomic E-state index is 0.0108. The summed E-state index contributed by atoms with van der Waals surface area (Å²) in [6.07, 6.45) is 4.22. The van der Waals surface area contributed by atoms with Gasteiger partial charge in [-0.15, -0.1) is 0 Å². The molecular weight excluding hydrogens is 348 g/mol. The molecule has 2 aromatic carbocycles. The molecule has 0 bridgehead atoms. The van der Waals surface area contributed by atoms with E-state index in [1.165, 1.54) is 30.5 Å². The molecule has 0 radical (unpaired) electrons. The van der Waals surface area contributed by atoms with Crippen LogP contribution in [0.15, 0.2) is 54.6 Å². The third-order valence-corrected chi connectivity index (χ3v) is 3.74. The lowest BCUT2D eigenvalue weighted by Crippen LogP contribution is -2.02. The molecule has 3 aromatic rings. The molecule has 0 saturated heterocycles. The van der Waals surface area contributed by atoms with Crippen molar-refractivity contribution in [3.05, 3.63) is 76.9 Å². The van der Waals surface area contributed by atoms with Gasteiger partial charge in [-0.05, 0) is 79.0 Å². The Kier molecular flexibility index (Phi) is 4.23. The zero-order valence-electron chi connectivity index (χ0n) is 19.3. The fourth-order valence-corrected chi connectivity index (χ4v) is 2.50. The van der Waals surface area contributed by atoms with Crippen molar-refractivity contribution < 1.29 is 5.48 Å². The summed E-state index contributed by atoms with van der Waals surface area (Å²) < 4.78 is 32.4. The van der Waals surface area contributed by atoms with Crippen molar-refractivity contribution in [1.82, 2.24) is 9.97 Å². The number of aromatic nitrogens is 2. The molecule has 0 atom stereocenters. The highest BCUT2D eigenvalue weighted by Crippen LogP contribution is 2.26. The molecule has 28 heavy (non-hydrogen) atoms. The van der Waals surface area contributed by atoms with Crippen LogP contribution in [0.5, 0.6) is 0 Å². The summed E-state index contributed by atoms with van der Waals surface area (Å²) >= 11 is 0. The van der Waals surface area contributed by atoms with Gasteiger partial charge in [0.1, 0.15) is 5.82 Å². The molecule has 3 rings (SSSR count). The molecule has 6 heteroatoms. The summed E-state index contributed by atoms with van der Waals surface area (Å²) in [6.45, 7) is 3.51. The lowest BCUT2D eigenvalue weighted by atomic mass is 10.0. The van der Waals surface area contributed by atoms with E-state index in [9.17, 15) is 0 Å². The van der Waals surface area contributed by atoms with Gasteiger partial charge in [-0.25, -0.2) is 4.98 Å². The first-order chi connectivity index (χ1) is 15.3. The lowest BCUT2D eigenvalue weighted by molar-refractivity contribution is 1.16. The Labute approximate surface area is 169 Å². The van der Waals surface area contributed by atoms with Gasteiger partial charge in [-0.1, -0.05) is 0 Å². The van der Waals surface area contributed by atoms with E-state index in [4.69, 9.17) is 16.0 Å². The van der Waals surface area contributed by atoms with E-state index in [2.05, 4.69) is 20.6 Å². The average Bonchev–Trinajstić information content (AvgIpc) is 2.75. The van der Waals surface area contributed by atoms with E-state index >= 15 is 0 Å². The normalized spacial score (nSPS) is 12.3. The minimum atomic E-state index is -0.0699. The fraction of sp³-hybridized carbons (Fsp3) is 0.0909. The number of nitriles is 2. The standard InChI is InChI=1S/C22H18N6/c1-15-12-18(4-3-10-23)13-16(2)21(15)27-20-9-11-25-22(28-20)26-19-7-5-17(14-24)6-8-19/h3-9,11-13H,1-2H3,(H2,25,26,27,28)/b4-3+/i5D,6D,12D,13D. The van der Waals surface area contributed by atoms with E-state index in [0.717, 1.165) is 0 Å². The monoisotopic (exact) mass is 370 g/mol. The van der Waals surface area contributed by atoms with Crippen LogP contribution in [0.3, 0.4) is 0 Å². The fourth-order valence-electron chi connectivity index (χ4n) is 2.50. The summed E-state index contributed by atoms with van der Waals surface area (Å²) in [7, 11) is 0. The second-order valence-electron chi connectivity index (χ2n) is 5.79. The maximum absolute atomic E-state index is 9.01. The molecule has 6 nitrogen and oxygen atoms in total. The average molecular weight is 370 g/mol. The molecule has 1 heterocycles. The third-order valence-electron chi connectivity index (χ3n) is 3.74. The van der Waals surface area contributed by atoms with E-state index in [0.29, 0.717) is 33.9 Å². The zero-order valence-corrected chi connectivity index (χ0v) is 15.3. The molecule has 0 amide bonds. The number of allylic oxidation sites excluding steroid dienone is 1. The predicted octanol–water partition coefficient (Wildman–Crippen LogP) is 4.99. The van der Waals surface area contributed by atoms with E-state index < -0.39 is 0 Å². The predicted molar refractivity (Wildman–Crippen MR) is 110 cm³/mol. The van der Waals surface area contributed by atoms with Crippen LogP contribution in [-0.2, 0) is 0 Å². The number of rotatable bonds is 5. The molecule has 0 saturated carbocycles. The van der Waals surface area contributed by atoms with Crippen LogP contribution >= 0.6 is 0 Å². The topological polar surface area (TPSA) is 97.4 Å². The quantitative estimate of drug-likeness (QED) is 0.614.